The molecule has 0 fully saturated rings. The third kappa shape index (κ3) is 7.70. The smallest absolute Gasteiger partial charge is 0.244 e. The fourth-order valence-corrected chi connectivity index (χ4v) is 4.35. The average molecular weight is 512 g/mol. The minimum atomic E-state index is -3.86. The Labute approximate surface area is 205 Å². The van der Waals surface area contributed by atoms with Gasteiger partial charge in [0.2, 0.25) is 21.8 Å². The van der Waals surface area contributed by atoms with Crippen molar-refractivity contribution in [2.45, 2.75) is 52.7 Å². The van der Waals surface area contributed by atoms with Gasteiger partial charge < -0.3 is 10.2 Å². The molecule has 1 atom stereocenters. The van der Waals surface area contributed by atoms with Crippen LogP contribution in [0, 0.1) is 12.7 Å². The van der Waals surface area contributed by atoms with E-state index in [1.165, 1.54) is 35.2 Å². The highest BCUT2D eigenvalue weighted by molar-refractivity contribution is 7.92. The number of anilines is 1. The van der Waals surface area contributed by atoms with Crippen LogP contribution in [0.3, 0.4) is 0 Å². The van der Waals surface area contributed by atoms with Crippen LogP contribution in [0.1, 0.15) is 38.8 Å². The Bertz CT molecular complexity index is 1150. The van der Waals surface area contributed by atoms with Crippen LogP contribution in [-0.4, -0.2) is 49.5 Å². The number of carbonyl (C=O) groups is 2. The third-order valence-electron chi connectivity index (χ3n) is 5.05. The molecule has 2 aromatic rings. The Morgan fingerprint density at radius 3 is 2.24 bits per heavy atom. The molecular formula is C24H31ClFN3O4S. The summed E-state index contributed by atoms with van der Waals surface area (Å²) < 4.78 is 39.6. The van der Waals surface area contributed by atoms with Gasteiger partial charge in [0.15, 0.2) is 0 Å². The Morgan fingerprint density at radius 2 is 1.71 bits per heavy atom. The van der Waals surface area contributed by atoms with Gasteiger partial charge in [0.1, 0.15) is 18.4 Å². The van der Waals surface area contributed by atoms with Gasteiger partial charge in [-0.15, -0.1) is 0 Å². The van der Waals surface area contributed by atoms with Crippen molar-refractivity contribution in [2.24, 2.45) is 0 Å². The first-order chi connectivity index (χ1) is 15.6. The lowest BCUT2D eigenvalue weighted by atomic mass is 10.1. The Hall–Kier alpha value is -2.65. The maximum Gasteiger partial charge on any atom is 0.244 e. The molecule has 1 N–H and O–H groups in total. The fraction of sp³-hybridized carbons (Fsp3) is 0.417. The van der Waals surface area contributed by atoms with Crippen molar-refractivity contribution in [3.63, 3.8) is 0 Å². The minimum absolute atomic E-state index is 0.00995. The largest absolute Gasteiger partial charge is 0.350 e. The highest BCUT2D eigenvalue weighted by atomic mass is 35.5. The van der Waals surface area contributed by atoms with E-state index in [1.807, 2.05) is 20.8 Å². The van der Waals surface area contributed by atoms with Gasteiger partial charge in [-0.05, 0) is 70.0 Å². The van der Waals surface area contributed by atoms with Gasteiger partial charge in [0.25, 0.3) is 0 Å². The van der Waals surface area contributed by atoms with Crippen LogP contribution in [0.4, 0.5) is 10.1 Å². The number of hydrogen-bond donors (Lipinski definition) is 1. The van der Waals surface area contributed by atoms with E-state index in [-0.39, 0.29) is 12.2 Å². The number of carbonyl (C=O) groups excluding carboxylic acids is 2. The first-order valence-corrected chi connectivity index (χ1v) is 12.9. The SMILES string of the molecule is Cc1ccc(Cl)cc1N(CC(=O)N(Cc1ccc(F)cc1)C(C)C(=O)NC(C)(C)C)S(C)(=O)=O. The van der Waals surface area contributed by atoms with E-state index in [1.54, 1.807) is 26.0 Å². The zero-order chi connectivity index (χ0) is 25.8. The molecule has 0 aliphatic carbocycles. The van der Waals surface area contributed by atoms with E-state index in [0.717, 1.165) is 10.6 Å². The van der Waals surface area contributed by atoms with Crippen molar-refractivity contribution >= 4 is 39.1 Å². The number of halogens is 2. The molecule has 186 valence electrons. The molecule has 0 heterocycles. The fourth-order valence-electron chi connectivity index (χ4n) is 3.29. The number of nitrogens with one attached hydrogen (secondary N) is 1. The van der Waals surface area contributed by atoms with E-state index in [2.05, 4.69) is 5.32 Å². The Morgan fingerprint density at radius 1 is 1.12 bits per heavy atom. The monoisotopic (exact) mass is 511 g/mol. The zero-order valence-electron chi connectivity index (χ0n) is 20.2. The van der Waals surface area contributed by atoms with Crippen molar-refractivity contribution in [1.82, 2.24) is 10.2 Å². The number of amides is 2. The van der Waals surface area contributed by atoms with Crippen LogP contribution in [0.15, 0.2) is 42.5 Å². The summed E-state index contributed by atoms with van der Waals surface area (Å²) in [6.45, 7) is 8.19. The molecular weight excluding hydrogens is 481 g/mol. The van der Waals surface area contributed by atoms with Gasteiger partial charge in [0.05, 0.1) is 11.9 Å². The summed E-state index contributed by atoms with van der Waals surface area (Å²) in [5.41, 5.74) is 0.949. The molecule has 0 saturated heterocycles. The van der Waals surface area contributed by atoms with Crippen molar-refractivity contribution in [2.75, 3.05) is 17.1 Å². The predicted molar refractivity (Wildman–Crippen MR) is 133 cm³/mol. The van der Waals surface area contributed by atoms with Crippen LogP contribution < -0.4 is 9.62 Å². The van der Waals surface area contributed by atoms with Gasteiger partial charge in [-0.2, -0.15) is 0 Å². The van der Waals surface area contributed by atoms with E-state index < -0.39 is 45.8 Å². The van der Waals surface area contributed by atoms with Gasteiger partial charge >= 0.3 is 0 Å². The van der Waals surface area contributed by atoms with Crippen LogP contribution >= 0.6 is 11.6 Å². The summed E-state index contributed by atoms with van der Waals surface area (Å²) in [5, 5.41) is 3.16. The summed E-state index contributed by atoms with van der Waals surface area (Å²) in [7, 11) is -3.86. The van der Waals surface area contributed by atoms with E-state index in [9.17, 15) is 22.4 Å². The first-order valence-electron chi connectivity index (χ1n) is 10.7. The molecule has 7 nitrogen and oxygen atoms in total. The molecule has 0 spiro atoms. The van der Waals surface area contributed by atoms with Gasteiger partial charge in [-0.1, -0.05) is 29.8 Å². The second-order valence-electron chi connectivity index (χ2n) is 9.26. The number of sulfonamides is 1. The molecule has 10 heteroatoms. The molecule has 1 unspecified atom stereocenters. The maximum absolute atomic E-state index is 13.5. The molecule has 0 aliphatic rings. The third-order valence-corrected chi connectivity index (χ3v) is 6.41. The van der Waals surface area contributed by atoms with E-state index in [4.69, 9.17) is 11.6 Å². The lowest BCUT2D eigenvalue weighted by Crippen LogP contribution is -2.54. The molecule has 34 heavy (non-hydrogen) atoms. The second kappa shape index (κ2) is 10.7. The first kappa shape index (κ1) is 27.6. The lowest BCUT2D eigenvalue weighted by Gasteiger charge is -2.33. The molecule has 2 rings (SSSR count). The summed E-state index contributed by atoms with van der Waals surface area (Å²) in [5.74, 6) is -1.42. The van der Waals surface area contributed by atoms with Crippen molar-refractivity contribution in [3.8, 4) is 0 Å². The molecule has 2 aromatic carbocycles. The predicted octanol–water partition coefficient (Wildman–Crippen LogP) is 3.89. The van der Waals surface area contributed by atoms with Crippen LogP contribution in [-0.2, 0) is 26.2 Å². The summed E-state index contributed by atoms with van der Waals surface area (Å²) >= 11 is 6.08. The molecule has 0 bridgehead atoms. The van der Waals surface area contributed by atoms with E-state index >= 15 is 0 Å². The number of hydrogen-bond acceptors (Lipinski definition) is 4. The van der Waals surface area contributed by atoms with Gasteiger partial charge in [0, 0.05) is 17.1 Å². The van der Waals surface area contributed by atoms with Crippen LogP contribution in [0.5, 0.6) is 0 Å². The lowest BCUT2D eigenvalue weighted by molar-refractivity contribution is -0.140. The normalized spacial score (nSPS) is 12.7. The quantitative estimate of drug-likeness (QED) is 0.582. The molecule has 2 amide bonds. The van der Waals surface area contributed by atoms with Crippen molar-refractivity contribution in [1.29, 1.82) is 0 Å². The topological polar surface area (TPSA) is 86.8 Å². The molecule has 0 aromatic heterocycles. The molecule has 0 aliphatic heterocycles. The summed E-state index contributed by atoms with van der Waals surface area (Å²) in [6.07, 6.45) is 1.00. The average Bonchev–Trinajstić information content (AvgIpc) is 2.70. The van der Waals surface area contributed by atoms with Gasteiger partial charge in [-0.3, -0.25) is 13.9 Å². The highest BCUT2D eigenvalue weighted by Gasteiger charge is 2.31. The number of benzene rings is 2. The second-order valence-corrected chi connectivity index (χ2v) is 11.6. The standard InChI is InChI=1S/C24H31ClFN3O4S/c1-16-7-10-19(25)13-21(16)29(34(6,32)33)15-22(30)28(14-18-8-11-20(26)12-9-18)17(2)23(31)27-24(3,4)5/h7-13,17H,14-15H2,1-6H3,(H,27,31). The van der Waals surface area contributed by atoms with Crippen LogP contribution in [0.2, 0.25) is 5.02 Å². The summed E-state index contributed by atoms with van der Waals surface area (Å²) in [6, 6.07) is 9.40. The molecule has 0 radical (unpaired) electrons. The minimum Gasteiger partial charge on any atom is -0.350 e. The number of nitrogens with zero attached hydrogens (tertiary/aromatic N) is 2. The van der Waals surface area contributed by atoms with Gasteiger partial charge in [-0.25, -0.2) is 12.8 Å². The van der Waals surface area contributed by atoms with Crippen LogP contribution in [0.25, 0.3) is 0 Å². The maximum atomic E-state index is 13.5. The Kier molecular flexibility index (Phi) is 8.71. The van der Waals surface area contributed by atoms with Crippen molar-refractivity contribution in [3.05, 3.63) is 64.4 Å². The van der Waals surface area contributed by atoms with E-state index in [0.29, 0.717) is 16.1 Å². The summed E-state index contributed by atoms with van der Waals surface area (Å²) in [4.78, 5) is 27.7. The molecule has 0 saturated carbocycles. The Balaban J connectivity index is 2.44. The number of aryl methyl sites for hydroxylation is 1. The highest BCUT2D eigenvalue weighted by Crippen LogP contribution is 2.26. The number of rotatable bonds is 8. The zero-order valence-corrected chi connectivity index (χ0v) is 21.8. The van der Waals surface area contributed by atoms with Crippen molar-refractivity contribution < 1.29 is 22.4 Å².